The third-order valence-corrected chi connectivity index (χ3v) is 5.67. The number of carbonyl (C=O) groups is 2. The van der Waals surface area contributed by atoms with E-state index in [9.17, 15) is 9.59 Å². The van der Waals surface area contributed by atoms with Crippen molar-refractivity contribution in [2.24, 2.45) is 0 Å². The van der Waals surface area contributed by atoms with Gasteiger partial charge in [-0.05, 0) is 48.9 Å². The predicted molar refractivity (Wildman–Crippen MR) is 128 cm³/mol. The van der Waals surface area contributed by atoms with Crippen LogP contribution in [0.4, 0.5) is 5.69 Å². The summed E-state index contributed by atoms with van der Waals surface area (Å²) in [6, 6.07) is 16.2. The third kappa shape index (κ3) is 4.54. The van der Waals surface area contributed by atoms with Gasteiger partial charge in [0.1, 0.15) is 5.75 Å². The molecule has 0 aliphatic heterocycles. The number of halogens is 1. The summed E-state index contributed by atoms with van der Waals surface area (Å²) >= 11 is 6.02. The predicted octanol–water partition coefficient (Wildman–Crippen LogP) is 4.89. The van der Waals surface area contributed by atoms with Crippen LogP contribution in [0.2, 0.25) is 5.02 Å². The smallest absolute Gasteiger partial charge is 0.296 e. The zero-order valence-corrected chi connectivity index (χ0v) is 19.1. The molecule has 0 bridgehead atoms. The van der Waals surface area contributed by atoms with Gasteiger partial charge >= 0.3 is 0 Å². The molecule has 2 aromatic heterocycles. The summed E-state index contributed by atoms with van der Waals surface area (Å²) in [6.45, 7) is 2.35. The molecule has 4 aromatic rings. The molecule has 0 saturated heterocycles. The molecule has 0 atom stereocenters. The molecule has 8 heteroatoms. The van der Waals surface area contributed by atoms with Gasteiger partial charge in [0.2, 0.25) is 5.88 Å². The SMILES string of the molecule is COc1ccc2c(c1)c(C(=O)C(=O)Nc1ccc(OC)nc1)c(C)n2Cc1ccc(Cl)cc1. The Morgan fingerprint density at radius 1 is 1.03 bits per heavy atom. The Bertz CT molecular complexity index is 1330. The molecule has 33 heavy (non-hydrogen) atoms. The van der Waals surface area contributed by atoms with Crippen LogP contribution in [0.25, 0.3) is 10.9 Å². The largest absolute Gasteiger partial charge is 0.497 e. The van der Waals surface area contributed by atoms with Gasteiger partial charge in [-0.25, -0.2) is 4.98 Å². The summed E-state index contributed by atoms with van der Waals surface area (Å²) in [4.78, 5) is 30.2. The molecule has 7 nitrogen and oxygen atoms in total. The van der Waals surface area contributed by atoms with E-state index in [0.29, 0.717) is 45.5 Å². The van der Waals surface area contributed by atoms with Crippen LogP contribution in [-0.2, 0) is 11.3 Å². The zero-order chi connectivity index (χ0) is 23.5. The van der Waals surface area contributed by atoms with E-state index in [0.717, 1.165) is 11.1 Å². The van der Waals surface area contributed by atoms with E-state index in [-0.39, 0.29) is 0 Å². The Morgan fingerprint density at radius 3 is 2.42 bits per heavy atom. The number of anilines is 1. The highest BCUT2D eigenvalue weighted by Gasteiger charge is 2.26. The minimum absolute atomic E-state index is 0.330. The van der Waals surface area contributed by atoms with Gasteiger partial charge in [0, 0.05) is 34.2 Å². The van der Waals surface area contributed by atoms with Crippen molar-refractivity contribution >= 4 is 39.9 Å². The van der Waals surface area contributed by atoms with Crippen molar-refractivity contribution in [2.45, 2.75) is 13.5 Å². The molecule has 0 saturated carbocycles. The first-order chi connectivity index (χ1) is 15.9. The number of hydrogen-bond acceptors (Lipinski definition) is 5. The van der Waals surface area contributed by atoms with Crippen molar-refractivity contribution in [3.8, 4) is 11.6 Å². The van der Waals surface area contributed by atoms with E-state index in [1.165, 1.54) is 13.3 Å². The molecule has 0 radical (unpaired) electrons. The van der Waals surface area contributed by atoms with Crippen LogP contribution in [0, 0.1) is 6.92 Å². The third-order valence-electron chi connectivity index (χ3n) is 5.42. The van der Waals surface area contributed by atoms with E-state index >= 15 is 0 Å². The van der Waals surface area contributed by atoms with E-state index in [2.05, 4.69) is 10.3 Å². The van der Waals surface area contributed by atoms with Crippen LogP contribution < -0.4 is 14.8 Å². The Kier molecular flexibility index (Phi) is 6.33. The van der Waals surface area contributed by atoms with Gasteiger partial charge < -0.3 is 19.4 Å². The highest BCUT2D eigenvalue weighted by Crippen LogP contribution is 2.31. The average molecular weight is 464 g/mol. The molecule has 0 fully saturated rings. The Balaban J connectivity index is 1.73. The first kappa shape index (κ1) is 22.4. The normalized spacial score (nSPS) is 10.8. The lowest BCUT2D eigenvalue weighted by atomic mass is 10.1. The molecule has 0 unspecified atom stereocenters. The van der Waals surface area contributed by atoms with Crippen LogP contribution in [0.5, 0.6) is 11.6 Å². The van der Waals surface area contributed by atoms with Crippen molar-refractivity contribution < 1.29 is 19.1 Å². The number of Topliss-reactive ketones (excluding diaryl/α,β-unsaturated/α-hetero) is 1. The lowest BCUT2D eigenvalue weighted by Gasteiger charge is -2.09. The molecular weight excluding hydrogens is 442 g/mol. The number of fused-ring (bicyclic) bond motifs is 1. The maximum absolute atomic E-state index is 13.3. The van der Waals surface area contributed by atoms with Gasteiger partial charge in [-0.15, -0.1) is 0 Å². The minimum atomic E-state index is -0.751. The van der Waals surface area contributed by atoms with Gasteiger partial charge in [0.15, 0.2) is 0 Å². The maximum Gasteiger partial charge on any atom is 0.296 e. The van der Waals surface area contributed by atoms with Gasteiger partial charge in [-0.3, -0.25) is 9.59 Å². The number of pyridine rings is 1. The Labute approximate surface area is 195 Å². The lowest BCUT2D eigenvalue weighted by Crippen LogP contribution is -2.23. The van der Waals surface area contributed by atoms with Crippen LogP contribution in [0.3, 0.4) is 0 Å². The average Bonchev–Trinajstić information content (AvgIpc) is 3.10. The van der Waals surface area contributed by atoms with Crippen LogP contribution >= 0.6 is 11.6 Å². The molecular formula is C25H22ClN3O4. The molecule has 2 heterocycles. The summed E-state index contributed by atoms with van der Waals surface area (Å²) in [7, 11) is 3.06. The molecule has 4 rings (SSSR count). The molecule has 0 aliphatic rings. The molecule has 168 valence electrons. The summed E-state index contributed by atoms with van der Waals surface area (Å²) in [6.07, 6.45) is 1.43. The van der Waals surface area contributed by atoms with Crippen molar-refractivity contribution in [2.75, 3.05) is 19.5 Å². The van der Waals surface area contributed by atoms with Gasteiger partial charge in [0.25, 0.3) is 11.7 Å². The summed E-state index contributed by atoms with van der Waals surface area (Å²) in [5.41, 5.74) is 3.25. The second-order valence-electron chi connectivity index (χ2n) is 7.43. The second-order valence-corrected chi connectivity index (χ2v) is 7.87. The van der Waals surface area contributed by atoms with E-state index in [4.69, 9.17) is 21.1 Å². The van der Waals surface area contributed by atoms with Crippen molar-refractivity contribution in [3.05, 3.63) is 82.6 Å². The fraction of sp³-hybridized carbons (Fsp3) is 0.160. The molecule has 1 amide bonds. The quantitative estimate of drug-likeness (QED) is 0.312. The number of rotatable bonds is 7. The van der Waals surface area contributed by atoms with Gasteiger partial charge in [0.05, 0.1) is 31.7 Å². The Morgan fingerprint density at radius 2 is 1.79 bits per heavy atom. The molecule has 0 aliphatic carbocycles. The number of hydrogen-bond donors (Lipinski definition) is 1. The van der Waals surface area contributed by atoms with Gasteiger partial charge in [-0.2, -0.15) is 0 Å². The number of aromatic nitrogens is 2. The highest BCUT2D eigenvalue weighted by atomic mass is 35.5. The number of nitrogens with zero attached hydrogens (tertiary/aromatic N) is 2. The highest BCUT2D eigenvalue weighted by molar-refractivity contribution is 6.48. The van der Waals surface area contributed by atoms with E-state index in [1.54, 1.807) is 25.3 Å². The fourth-order valence-electron chi connectivity index (χ4n) is 3.73. The molecule has 2 aromatic carbocycles. The minimum Gasteiger partial charge on any atom is -0.497 e. The molecule has 1 N–H and O–H groups in total. The Hall–Kier alpha value is -3.84. The van der Waals surface area contributed by atoms with Crippen molar-refractivity contribution in [1.29, 1.82) is 0 Å². The number of ketones is 1. The van der Waals surface area contributed by atoms with Crippen LogP contribution in [0.15, 0.2) is 60.8 Å². The van der Waals surface area contributed by atoms with Crippen molar-refractivity contribution in [3.63, 3.8) is 0 Å². The standard InChI is InChI=1S/C25H22ClN3O4/c1-15-23(24(30)25(31)28-18-8-11-22(33-3)27-13-18)20-12-19(32-2)9-10-21(20)29(15)14-16-4-6-17(26)7-5-16/h4-13H,14H2,1-3H3,(H,28,31). The number of nitrogens with one attached hydrogen (secondary N) is 1. The zero-order valence-electron chi connectivity index (χ0n) is 18.4. The summed E-state index contributed by atoms with van der Waals surface area (Å²) in [5, 5.41) is 3.91. The second kappa shape index (κ2) is 9.34. The van der Waals surface area contributed by atoms with Crippen LogP contribution in [0.1, 0.15) is 21.6 Å². The summed E-state index contributed by atoms with van der Waals surface area (Å²) in [5.74, 6) is -0.387. The first-order valence-corrected chi connectivity index (χ1v) is 10.6. The lowest BCUT2D eigenvalue weighted by molar-refractivity contribution is -0.112. The number of benzene rings is 2. The fourth-order valence-corrected chi connectivity index (χ4v) is 3.85. The van der Waals surface area contributed by atoms with Crippen LogP contribution in [-0.4, -0.2) is 35.5 Å². The number of amides is 1. The van der Waals surface area contributed by atoms with Crippen molar-refractivity contribution in [1.82, 2.24) is 9.55 Å². The van der Waals surface area contributed by atoms with Gasteiger partial charge in [-0.1, -0.05) is 23.7 Å². The number of methoxy groups -OCH3 is 2. The molecule has 0 spiro atoms. The number of ether oxygens (including phenoxy) is 2. The summed E-state index contributed by atoms with van der Waals surface area (Å²) < 4.78 is 12.4. The first-order valence-electron chi connectivity index (χ1n) is 10.2. The number of carbonyl (C=O) groups excluding carboxylic acids is 2. The van der Waals surface area contributed by atoms with E-state index < -0.39 is 11.7 Å². The maximum atomic E-state index is 13.3. The topological polar surface area (TPSA) is 82.5 Å². The van der Waals surface area contributed by atoms with E-state index in [1.807, 2.05) is 47.9 Å². The monoisotopic (exact) mass is 463 g/mol.